The molecule has 0 fully saturated rings. The Balaban J connectivity index is 2.28. The van der Waals surface area contributed by atoms with Crippen LogP contribution in [0.2, 0.25) is 0 Å². The Labute approximate surface area is 124 Å². The molecule has 0 aliphatic heterocycles. The van der Waals surface area contributed by atoms with Gasteiger partial charge in [-0.05, 0) is 38.7 Å². The molecule has 0 saturated heterocycles. The van der Waals surface area contributed by atoms with Crippen LogP contribution < -0.4 is 10.5 Å². The van der Waals surface area contributed by atoms with Crippen LogP contribution in [0.15, 0.2) is 29.6 Å². The van der Waals surface area contributed by atoms with Crippen molar-refractivity contribution < 1.29 is 4.74 Å². The highest BCUT2D eigenvalue weighted by Crippen LogP contribution is 2.30. The molecule has 0 amide bonds. The fourth-order valence-electron chi connectivity index (χ4n) is 2.12. The van der Waals surface area contributed by atoms with Crippen LogP contribution in [-0.2, 0) is 6.54 Å². The molecule has 0 bridgehead atoms. The van der Waals surface area contributed by atoms with Gasteiger partial charge in [0.05, 0.1) is 18.3 Å². The van der Waals surface area contributed by atoms with E-state index in [2.05, 4.69) is 36.1 Å². The van der Waals surface area contributed by atoms with Crippen molar-refractivity contribution in [3.63, 3.8) is 0 Å². The van der Waals surface area contributed by atoms with Crippen LogP contribution in [0.25, 0.3) is 0 Å². The summed E-state index contributed by atoms with van der Waals surface area (Å²) in [7, 11) is 4.12. The zero-order chi connectivity index (χ0) is 14.5. The average Bonchev–Trinajstić information content (AvgIpc) is 2.89. The lowest BCUT2D eigenvalue weighted by atomic mass is 10.1. The number of thiazole rings is 1. The van der Waals surface area contributed by atoms with E-state index in [4.69, 9.17) is 10.5 Å². The molecule has 0 aliphatic carbocycles. The molecule has 1 unspecified atom stereocenters. The molecule has 2 rings (SSSR count). The Kier molecular flexibility index (Phi) is 5.11. The van der Waals surface area contributed by atoms with Gasteiger partial charge in [-0.1, -0.05) is 12.1 Å². The summed E-state index contributed by atoms with van der Waals surface area (Å²) in [6, 6.07) is 8.36. The van der Waals surface area contributed by atoms with Gasteiger partial charge >= 0.3 is 0 Å². The van der Waals surface area contributed by atoms with Gasteiger partial charge in [0.25, 0.3) is 0 Å². The topological polar surface area (TPSA) is 51.4 Å². The van der Waals surface area contributed by atoms with Crippen LogP contribution in [0.4, 0.5) is 0 Å². The Morgan fingerprint density at radius 3 is 2.50 bits per heavy atom. The molecule has 0 spiro atoms. The van der Waals surface area contributed by atoms with Crippen LogP contribution in [-0.4, -0.2) is 30.6 Å². The maximum atomic E-state index is 5.65. The van der Waals surface area contributed by atoms with Crippen LogP contribution >= 0.6 is 11.3 Å². The maximum absolute atomic E-state index is 5.65. The largest absolute Gasteiger partial charge is 0.494 e. The van der Waals surface area contributed by atoms with Crippen molar-refractivity contribution in [1.82, 2.24) is 9.88 Å². The second-order valence-corrected chi connectivity index (χ2v) is 5.64. The third-order valence-electron chi connectivity index (χ3n) is 3.04. The van der Waals surface area contributed by atoms with Gasteiger partial charge in [0.2, 0.25) is 0 Å². The minimum Gasteiger partial charge on any atom is -0.494 e. The Bertz CT molecular complexity index is 536. The van der Waals surface area contributed by atoms with Crippen molar-refractivity contribution in [2.75, 3.05) is 20.7 Å². The summed E-state index contributed by atoms with van der Waals surface area (Å²) in [6.45, 7) is 3.16. The van der Waals surface area contributed by atoms with Gasteiger partial charge in [-0.3, -0.25) is 4.90 Å². The number of nitrogens with zero attached hydrogens (tertiary/aromatic N) is 2. The van der Waals surface area contributed by atoms with Crippen LogP contribution in [0.1, 0.15) is 29.2 Å². The SMILES string of the molecule is CCOc1ccc(C(c2nc(CN)cs2)N(C)C)cc1. The van der Waals surface area contributed by atoms with Gasteiger partial charge in [0, 0.05) is 11.9 Å². The van der Waals surface area contributed by atoms with Crippen LogP contribution in [0.3, 0.4) is 0 Å². The Morgan fingerprint density at radius 1 is 1.30 bits per heavy atom. The molecule has 2 N–H and O–H groups in total. The van der Waals surface area contributed by atoms with Gasteiger partial charge in [0.1, 0.15) is 10.8 Å². The number of aromatic nitrogens is 1. The summed E-state index contributed by atoms with van der Waals surface area (Å²) < 4.78 is 5.49. The van der Waals surface area contributed by atoms with E-state index in [9.17, 15) is 0 Å². The van der Waals surface area contributed by atoms with E-state index in [-0.39, 0.29) is 6.04 Å². The van der Waals surface area contributed by atoms with E-state index >= 15 is 0 Å². The molecule has 0 saturated carbocycles. The number of benzene rings is 1. The summed E-state index contributed by atoms with van der Waals surface area (Å²) in [6.07, 6.45) is 0. The molecule has 1 heterocycles. The molecule has 20 heavy (non-hydrogen) atoms. The molecular formula is C15H21N3OS. The first-order valence-electron chi connectivity index (χ1n) is 6.69. The van der Waals surface area contributed by atoms with E-state index in [0.717, 1.165) is 16.5 Å². The van der Waals surface area contributed by atoms with Crippen molar-refractivity contribution in [2.24, 2.45) is 5.73 Å². The molecule has 108 valence electrons. The predicted octanol–water partition coefficient (Wildman–Crippen LogP) is 2.65. The molecule has 1 atom stereocenters. The third-order valence-corrected chi connectivity index (χ3v) is 3.98. The van der Waals surface area contributed by atoms with Crippen molar-refractivity contribution in [2.45, 2.75) is 19.5 Å². The summed E-state index contributed by atoms with van der Waals surface area (Å²) >= 11 is 1.66. The first-order valence-corrected chi connectivity index (χ1v) is 7.57. The number of nitrogens with two attached hydrogens (primary N) is 1. The predicted molar refractivity (Wildman–Crippen MR) is 83.1 cm³/mol. The number of hydrogen-bond donors (Lipinski definition) is 1. The zero-order valence-corrected chi connectivity index (χ0v) is 13.0. The molecule has 2 aromatic rings. The van der Waals surface area contributed by atoms with Crippen molar-refractivity contribution in [3.05, 3.63) is 45.9 Å². The summed E-state index contributed by atoms with van der Waals surface area (Å²) in [5.41, 5.74) is 7.80. The van der Waals surface area contributed by atoms with Gasteiger partial charge in [-0.25, -0.2) is 4.98 Å². The molecule has 5 heteroatoms. The fourth-order valence-corrected chi connectivity index (χ4v) is 3.17. The average molecular weight is 291 g/mol. The minimum atomic E-state index is 0.149. The highest BCUT2D eigenvalue weighted by Gasteiger charge is 2.20. The highest BCUT2D eigenvalue weighted by molar-refractivity contribution is 7.09. The second-order valence-electron chi connectivity index (χ2n) is 4.75. The second kappa shape index (κ2) is 6.83. The third kappa shape index (κ3) is 3.36. The molecule has 0 aliphatic rings. The normalized spacial score (nSPS) is 12.7. The lowest BCUT2D eigenvalue weighted by molar-refractivity contribution is 0.334. The molecule has 1 aromatic heterocycles. The fraction of sp³-hybridized carbons (Fsp3) is 0.400. The van der Waals surface area contributed by atoms with E-state index in [0.29, 0.717) is 13.2 Å². The van der Waals surface area contributed by atoms with Crippen molar-refractivity contribution in [3.8, 4) is 5.75 Å². The van der Waals surface area contributed by atoms with E-state index in [1.807, 2.05) is 24.4 Å². The lowest BCUT2D eigenvalue weighted by Gasteiger charge is -2.23. The highest BCUT2D eigenvalue weighted by atomic mass is 32.1. The lowest BCUT2D eigenvalue weighted by Crippen LogP contribution is -2.21. The summed E-state index contributed by atoms with van der Waals surface area (Å²) in [4.78, 5) is 6.77. The summed E-state index contributed by atoms with van der Waals surface area (Å²) in [5.74, 6) is 0.899. The van der Waals surface area contributed by atoms with Gasteiger partial charge in [0.15, 0.2) is 0 Å². The van der Waals surface area contributed by atoms with Gasteiger partial charge in [-0.2, -0.15) is 0 Å². The standard InChI is InChI=1S/C15H21N3OS/c1-4-19-13-7-5-11(6-8-13)14(18(2)3)15-17-12(9-16)10-20-15/h5-8,10,14H,4,9,16H2,1-3H3. The Morgan fingerprint density at radius 2 is 2.00 bits per heavy atom. The smallest absolute Gasteiger partial charge is 0.119 e. The molecule has 0 radical (unpaired) electrons. The van der Waals surface area contributed by atoms with Crippen LogP contribution in [0, 0.1) is 0 Å². The van der Waals surface area contributed by atoms with Gasteiger partial charge in [-0.15, -0.1) is 11.3 Å². The zero-order valence-electron chi connectivity index (χ0n) is 12.2. The van der Waals surface area contributed by atoms with Crippen LogP contribution in [0.5, 0.6) is 5.75 Å². The molecular weight excluding hydrogens is 270 g/mol. The van der Waals surface area contributed by atoms with Gasteiger partial charge < -0.3 is 10.5 Å². The number of ether oxygens (including phenoxy) is 1. The van der Waals surface area contributed by atoms with Crippen molar-refractivity contribution in [1.29, 1.82) is 0 Å². The Hall–Kier alpha value is -1.43. The number of hydrogen-bond acceptors (Lipinski definition) is 5. The molecule has 1 aromatic carbocycles. The monoisotopic (exact) mass is 291 g/mol. The number of rotatable bonds is 6. The first kappa shape index (κ1) is 15.0. The minimum absolute atomic E-state index is 0.149. The van der Waals surface area contributed by atoms with Crippen molar-refractivity contribution >= 4 is 11.3 Å². The van der Waals surface area contributed by atoms with E-state index < -0.39 is 0 Å². The summed E-state index contributed by atoms with van der Waals surface area (Å²) in [5, 5.41) is 3.10. The first-order chi connectivity index (χ1) is 9.65. The van der Waals surface area contributed by atoms with E-state index in [1.165, 1.54) is 5.56 Å². The maximum Gasteiger partial charge on any atom is 0.119 e. The molecule has 4 nitrogen and oxygen atoms in total. The van der Waals surface area contributed by atoms with E-state index in [1.54, 1.807) is 11.3 Å². The quantitative estimate of drug-likeness (QED) is 0.889.